The molecule has 1 aromatic carbocycles. The van der Waals surface area contributed by atoms with Gasteiger partial charge in [-0.15, -0.1) is 0 Å². The molecule has 6 heteroatoms. The smallest absolute Gasteiger partial charge is 0.310 e. The molecule has 0 aliphatic carbocycles. The monoisotopic (exact) mass is 414 g/mol. The van der Waals surface area contributed by atoms with Gasteiger partial charge in [0.05, 0.1) is 12.5 Å². The number of nitrogens with zero attached hydrogens (tertiary/aromatic N) is 3. The van der Waals surface area contributed by atoms with E-state index in [1.165, 1.54) is 24.0 Å². The molecule has 1 unspecified atom stereocenters. The lowest BCUT2D eigenvalue weighted by molar-refractivity contribution is -0.149. The summed E-state index contributed by atoms with van der Waals surface area (Å²) in [5.41, 5.74) is 2.72. The van der Waals surface area contributed by atoms with Crippen LogP contribution in [0.1, 0.15) is 43.7 Å². The van der Waals surface area contributed by atoms with Crippen LogP contribution in [0.25, 0.3) is 0 Å². The minimum absolute atomic E-state index is 0.0396. The molecule has 1 N–H and O–H groups in total. The van der Waals surface area contributed by atoms with Gasteiger partial charge in [-0.25, -0.2) is 0 Å². The van der Waals surface area contributed by atoms with Gasteiger partial charge in [-0.3, -0.25) is 14.7 Å². The fourth-order valence-electron chi connectivity index (χ4n) is 4.49. The van der Waals surface area contributed by atoms with E-state index in [2.05, 4.69) is 51.3 Å². The third-order valence-electron chi connectivity index (χ3n) is 6.34. The van der Waals surface area contributed by atoms with Gasteiger partial charge < -0.3 is 15.0 Å². The number of benzene rings is 1. The number of aryl methyl sites for hydroxylation is 1. The van der Waals surface area contributed by atoms with Crippen LogP contribution in [0.3, 0.4) is 0 Å². The van der Waals surface area contributed by atoms with Gasteiger partial charge in [-0.1, -0.05) is 29.8 Å². The number of hydrogen-bond acceptors (Lipinski definition) is 4. The molecule has 30 heavy (non-hydrogen) atoms. The highest BCUT2D eigenvalue weighted by Crippen LogP contribution is 2.20. The molecule has 6 nitrogen and oxygen atoms in total. The van der Waals surface area contributed by atoms with Gasteiger partial charge in [0.1, 0.15) is 0 Å². The average Bonchev–Trinajstić information content (AvgIpc) is 2.77. The van der Waals surface area contributed by atoms with E-state index < -0.39 is 0 Å². The van der Waals surface area contributed by atoms with E-state index in [1.54, 1.807) is 0 Å². The minimum Gasteiger partial charge on any atom is -0.466 e. The second-order valence-electron chi connectivity index (χ2n) is 8.67. The van der Waals surface area contributed by atoms with Gasteiger partial charge in [-0.2, -0.15) is 0 Å². The van der Waals surface area contributed by atoms with E-state index in [0.29, 0.717) is 19.1 Å². The van der Waals surface area contributed by atoms with Crippen molar-refractivity contribution in [3.63, 3.8) is 0 Å². The number of carbonyl (C=O) groups excluding carboxylic acids is 1. The highest BCUT2D eigenvalue weighted by Gasteiger charge is 2.29. The number of ether oxygens (including phenoxy) is 1. The van der Waals surface area contributed by atoms with Crippen LogP contribution in [0.15, 0.2) is 29.3 Å². The number of piperidine rings is 2. The first-order valence-electron chi connectivity index (χ1n) is 11.5. The Balaban J connectivity index is 1.41. The first-order valence-corrected chi connectivity index (χ1v) is 11.5. The summed E-state index contributed by atoms with van der Waals surface area (Å²) >= 11 is 0. The lowest BCUT2D eigenvalue weighted by atomic mass is 9.96. The Morgan fingerprint density at radius 3 is 2.57 bits per heavy atom. The van der Waals surface area contributed by atoms with Gasteiger partial charge in [0, 0.05) is 33.2 Å². The predicted molar refractivity (Wildman–Crippen MR) is 121 cm³/mol. The number of hydrogen-bond donors (Lipinski definition) is 1. The molecule has 0 amide bonds. The fraction of sp³-hybridized carbons (Fsp3) is 0.667. The first kappa shape index (κ1) is 22.6. The molecule has 2 saturated heterocycles. The van der Waals surface area contributed by atoms with Crippen LogP contribution < -0.4 is 5.32 Å². The summed E-state index contributed by atoms with van der Waals surface area (Å²) < 4.78 is 5.23. The van der Waals surface area contributed by atoms with Crippen molar-refractivity contribution in [3.8, 4) is 0 Å². The van der Waals surface area contributed by atoms with Crippen LogP contribution in [-0.2, 0) is 16.1 Å². The Morgan fingerprint density at radius 2 is 1.90 bits per heavy atom. The van der Waals surface area contributed by atoms with Gasteiger partial charge >= 0.3 is 5.97 Å². The van der Waals surface area contributed by atoms with E-state index in [-0.39, 0.29) is 11.9 Å². The maximum absolute atomic E-state index is 12.1. The molecule has 0 radical (unpaired) electrons. The van der Waals surface area contributed by atoms with Crippen molar-refractivity contribution < 1.29 is 9.53 Å². The van der Waals surface area contributed by atoms with Gasteiger partial charge in [0.2, 0.25) is 0 Å². The molecule has 3 rings (SSSR count). The number of aliphatic imine (C=N–C) groups is 1. The van der Waals surface area contributed by atoms with Crippen molar-refractivity contribution in [2.24, 2.45) is 16.8 Å². The van der Waals surface area contributed by atoms with Crippen LogP contribution in [0, 0.1) is 18.8 Å². The standard InChI is InChI=1S/C24H38N4O2/c1-4-30-23(29)22-6-5-13-28(18-22)24(25-3)26-16-20-11-14-27(15-12-20)17-21-9-7-19(2)8-10-21/h7-10,20,22H,4-6,11-18H2,1-3H3,(H,25,26). The van der Waals surface area contributed by atoms with Gasteiger partial charge in [0.15, 0.2) is 5.96 Å². The summed E-state index contributed by atoms with van der Waals surface area (Å²) in [4.78, 5) is 21.4. The predicted octanol–water partition coefficient (Wildman–Crippen LogP) is 3.06. The van der Waals surface area contributed by atoms with Crippen LogP contribution in [0.2, 0.25) is 0 Å². The molecule has 2 heterocycles. The van der Waals surface area contributed by atoms with E-state index in [4.69, 9.17) is 4.74 Å². The summed E-state index contributed by atoms with van der Waals surface area (Å²) in [6.07, 6.45) is 4.33. The summed E-state index contributed by atoms with van der Waals surface area (Å²) in [5, 5.41) is 3.58. The molecule has 0 bridgehead atoms. The zero-order valence-electron chi connectivity index (χ0n) is 18.9. The Hall–Kier alpha value is -2.08. The van der Waals surface area contributed by atoms with Crippen molar-refractivity contribution >= 4 is 11.9 Å². The fourth-order valence-corrected chi connectivity index (χ4v) is 4.49. The quantitative estimate of drug-likeness (QED) is 0.440. The summed E-state index contributed by atoms with van der Waals surface area (Å²) in [5.74, 6) is 1.48. The van der Waals surface area contributed by atoms with Gasteiger partial charge in [0.25, 0.3) is 0 Å². The highest BCUT2D eigenvalue weighted by molar-refractivity contribution is 5.81. The Kier molecular flexibility index (Phi) is 8.55. The zero-order chi connectivity index (χ0) is 21.3. The second-order valence-corrected chi connectivity index (χ2v) is 8.67. The number of esters is 1. The van der Waals surface area contributed by atoms with E-state index >= 15 is 0 Å². The summed E-state index contributed by atoms with van der Waals surface area (Å²) in [6, 6.07) is 8.89. The van der Waals surface area contributed by atoms with Crippen LogP contribution >= 0.6 is 0 Å². The molecule has 0 aromatic heterocycles. The number of nitrogens with one attached hydrogen (secondary N) is 1. The van der Waals surface area contributed by atoms with E-state index in [0.717, 1.165) is 51.5 Å². The molecule has 2 aliphatic heterocycles. The van der Waals surface area contributed by atoms with E-state index in [1.807, 2.05) is 14.0 Å². The first-order chi connectivity index (χ1) is 14.6. The molecular weight excluding hydrogens is 376 g/mol. The molecule has 1 aromatic rings. The van der Waals surface area contributed by atoms with Crippen molar-refractivity contribution in [3.05, 3.63) is 35.4 Å². The minimum atomic E-state index is -0.0707. The topological polar surface area (TPSA) is 57.2 Å². The zero-order valence-corrected chi connectivity index (χ0v) is 18.9. The second kappa shape index (κ2) is 11.3. The molecule has 0 spiro atoms. The average molecular weight is 415 g/mol. The van der Waals surface area contributed by atoms with Crippen molar-refractivity contribution in [2.45, 2.75) is 46.1 Å². The van der Waals surface area contributed by atoms with Crippen LogP contribution in [0.5, 0.6) is 0 Å². The Labute approximate surface area is 181 Å². The summed E-state index contributed by atoms with van der Waals surface area (Å²) in [6.45, 7) is 10.4. The molecule has 0 saturated carbocycles. The lowest BCUT2D eigenvalue weighted by Crippen LogP contribution is -2.49. The molecule has 1 atom stereocenters. The number of guanidine groups is 1. The molecular formula is C24H38N4O2. The SMILES string of the molecule is CCOC(=O)C1CCCN(C(=NC)NCC2CCN(Cc3ccc(C)cc3)CC2)C1. The van der Waals surface area contributed by atoms with Crippen LogP contribution in [0.4, 0.5) is 0 Å². The maximum atomic E-state index is 12.1. The van der Waals surface area contributed by atoms with Gasteiger partial charge in [-0.05, 0) is 64.1 Å². The van der Waals surface area contributed by atoms with Crippen molar-refractivity contribution in [1.29, 1.82) is 0 Å². The maximum Gasteiger partial charge on any atom is 0.310 e. The largest absolute Gasteiger partial charge is 0.466 e. The number of rotatable bonds is 6. The normalized spacial score (nSPS) is 21.5. The Bertz CT molecular complexity index is 696. The van der Waals surface area contributed by atoms with Crippen molar-refractivity contribution in [2.75, 3.05) is 46.4 Å². The lowest BCUT2D eigenvalue weighted by Gasteiger charge is -2.36. The number of likely N-dealkylation sites (tertiary alicyclic amines) is 2. The summed E-state index contributed by atoms with van der Waals surface area (Å²) in [7, 11) is 1.83. The molecule has 2 aliphatic rings. The molecule has 2 fully saturated rings. The molecule has 166 valence electrons. The van der Waals surface area contributed by atoms with Crippen molar-refractivity contribution in [1.82, 2.24) is 15.1 Å². The number of carbonyl (C=O) groups is 1. The third-order valence-corrected chi connectivity index (χ3v) is 6.34. The third kappa shape index (κ3) is 6.46. The van der Waals surface area contributed by atoms with Crippen LogP contribution in [-0.4, -0.2) is 68.1 Å². The Morgan fingerprint density at radius 1 is 1.17 bits per heavy atom. The van der Waals surface area contributed by atoms with E-state index in [9.17, 15) is 4.79 Å². The highest BCUT2D eigenvalue weighted by atomic mass is 16.5.